The zero-order chi connectivity index (χ0) is 16.6. The number of hydrogen-bond acceptors (Lipinski definition) is 4. The molecule has 1 amide bonds. The lowest BCUT2D eigenvalue weighted by atomic mass is 9.98. The molecule has 1 aliphatic rings. The second-order valence-electron chi connectivity index (χ2n) is 6.35. The third-order valence-electron chi connectivity index (χ3n) is 3.91. The molecule has 23 heavy (non-hydrogen) atoms. The van der Waals surface area contributed by atoms with E-state index in [1.54, 1.807) is 11.3 Å². The number of aromatic nitrogens is 1. The highest BCUT2D eigenvalue weighted by molar-refractivity contribution is 7.18. The molecule has 3 rings (SSSR count). The molecule has 0 spiro atoms. The Hall–Kier alpha value is -1.92. The standard InChI is InChI=1S/C17H21N3O2S/c1-11-4-6-14(20(9-11)17(21)22)12-5-7-15-13(8-12)18-16(23-15)10-19(2)3/h5-8,11H,4,9-10H2,1-3H3,(H,21,22)/t11-/m0/s1. The van der Waals surface area contributed by atoms with Crippen molar-refractivity contribution in [1.82, 2.24) is 14.8 Å². The van der Waals surface area contributed by atoms with E-state index < -0.39 is 6.09 Å². The second-order valence-corrected chi connectivity index (χ2v) is 7.47. The van der Waals surface area contributed by atoms with Gasteiger partial charge in [0.2, 0.25) is 0 Å². The molecule has 0 unspecified atom stereocenters. The first-order chi connectivity index (χ1) is 10.9. The summed E-state index contributed by atoms with van der Waals surface area (Å²) < 4.78 is 1.14. The van der Waals surface area contributed by atoms with Crippen LogP contribution in [0.3, 0.4) is 0 Å². The Balaban J connectivity index is 1.97. The van der Waals surface area contributed by atoms with E-state index in [4.69, 9.17) is 0 Å². The Morgan fingerprint density at radius 2 is 2.26 bits per heavy atom. The number of amides is 1. The fraction of sp³-hybridized carbons (Fsp3) is 0.412. The molecule has 1 atom stereocenters. The van der Waals surface area contributed by atoms with E-state index in [0.29, 0.717) is 12.5 Å². The van der Waals surface area contributed by atoms with Gasteiger partial charge in [-0.2, -0.15) is 0 Å². The summed E-state index contributed by atoms with van der Waals surface area (Å²) >= 11 is 1.69. The predicted molar refractivity (Wildman–Crippen MR) is 93.5 cm³/mol. The number of thiazole rings is 1. The van der Waals surface area contributed by atoms with Gasteiger partial charge in [0.1, 0.15) is 5.01 Å². The summed E-state index contributed by atoms with van der Waals surface area (Å²) in [7, 11) is 4.05. The molecule has 0 saturated carbocycles. The number of carboxylic acid groups (broad SMARTS) is 1. The molecule has 0 aliphatic carbocycles. The first-order valence-electron chi connectivity index (χ1n) is 7.69. The van der Waals surface area contributed by atoms with E-state index in [9.17, 15) is 9.90 Å². The van der Waals surface area contributed by atoms with Gasteiger partial charge in [-0.1, -0.05) is 19.1 Å². The van der Waals surface area contributed by atoms with Crippen LogP contribution in [-0.2, 0) is 6.54 Å². The van der Waals surface area contributed by atoms with E-state index in [1.807, 2.05) is 38.4 Å². The van der Waals surface area contributed by atoms with E-state index >= 15 is 0 Å². The fourth-order valence-electron chi connectivity index (χ4n) is 2.84. The lowest BCUT2D eigenvalue weighted by molar-refractivity contribution is 0.159. The molecule has 2 aromatic rings. The molecule has 1 aromatic heterocycles. The normalized spacial score (nSPS) is 18.5. The Labute approximate surface area is 139 Å². The van der Waals surface area contributed by atoms with Crippen molar-refractivity contribution in [1.29, 1.82) is 0 Å². The maximum absolute atomic E-state index is 11.5. The maximum atomic E-state index is 11.5. The molecule has 0 fully saturated rings. The molecule has 6 heteroatoms. The average Bonchev–Trinajstić information content (AvgIpc) is 2.87. The van der Waals surface area contributed by atoms with Crippen molar-refractivity contribution in [3.05, 3.63) is 34.8 Å². The number of rotatable bonds is 3. The summed E-state index contributed by atoms with van der Waals surface area (Å²) in [5, 5.41) is 10.5. The Morgan fingerprint density at radius 1 is 1.48 bits per heavy atom. The summed E-state index contributed by atoms with van der Waals surface area (Å²) in [5.74, 6) is 0.351. The molecular weight excluding hydrogens is 310 g/mol. The molecule has 1 aliphatic heterocycles. The number of nitrogens with zero attached hydrogens (tertiary/aromatic N) is 3. The van der Waals surface area contributed by atoms with Crippen molar-refractivity contribution < 1.29 is 9.90 Å². The van der Waals surface area contributed by atoms with Crippen LogP contribution in [0, 0.1) is 5.92 Å². The van der Waals surface area contributed by atoms with Crippen LogP contribution in [-0.4, -0.2) is 46.6 Å². The maximum Gasteiger partial charge on any atom is 0.411 e. The minimum absolute atomic E-state index is 0.351. The summed E-state index contributed by atoms with van der Waals surface area (Å²) in [5.41, 5.74) is 2.64. The fourth-order valence-corrected chi connectivity index (χ4v) is 3.90. The third-order valence-corrected chi connectivity index (χ3v) is 4.93. The lowest BCUT2D eigenvalue weighted by Gasteiger charge is -2.29. The van der Waals surface area contributed by atoms with Crippen molar-refractivity contribution in [3.8, 4) is 0 Å². The summed E-state index contributed by atoms with van der Waals surface area (Å²) in [6.07, 6.45) is 2.03. The molecule has 2 heterocycles. The van der Waals surface area contributed by atoms with Crippen molar-refractivity contribution in [2.24, 2.45) is 5.92 Å². The number of benzene rings is 1. The zero-order valence-corrected chi connectivity index (χ0v) is 14.4. The zero-order valence-electron chi connectivity index (χ0n) is 13.6. The highest BCUT2D eigenvalue weighted by atomic mass is 32.1. The Kier molecular flexibility index (Phi) is 4.37. The van der Waals surface area contributed by atoms with Crippen molar-refractivity contribution in [2.75, 3.05) is 20.6 Å². The highest BCUT2D eigenvalue weighted by Gasteiger charge is 2.24. The molecule has 5 nitrogen and oxygen atoms in total. The van der Waals surface area contributed by atoms with Crippen LogP contribution in [0.1, 0.15) is 23.9 Å². The minimum atomic E-state index is -0.894. The smallest absolute Gasteiger partial charge is 0.411 e. The molecule has 0 saturated heterocycles. The van der Waals surface area contributed by atoms with Gasteiger partial charge in [-0.3, -0.25) is 4.90 Å². The number of carbonyl (C=O) groups is 1. The van der Waals surface area contributed by atoms with Crippen molar-refractivity contribution >= 4 is 33.3 Å². The molecule has 0 radical (unpaired) electrons. The second kappa shape index (κ2) is 6.29. The first kappa shape index (κ1) is 16.0. The summed E-state index contributed by atoms with van der Waals surface area (Å²) in [6, 6.07) is 6.04. The molecule has 1 aromatic carbocycles. The van der Waals surface area contributed by atoms with Gasteiger partial charge in [-0.15, -0.1) is 11.3 Å². The SMILES string of the molecule is C[C@H]1CC=C(c2ccc3sc(CN(C)C)nc3c2)N(C(=O)O)C1. The average molecular weight is 331 g/mol. The van der Waals surface area contributed by atoms with Gasteiger partial charge in [-0.25, -0.2) is 9.78 Å². The predicted octanol–water partition coefficient (Wildman–Crippen LogP) is 3.72. The van der Waals surface area contributed by atoms with Gasteiger partial charge in [0, 0.05) is 18.7 Å². The monoisotopic (exact) mass is 331 g/mol. The molecule has 122 valence electrons. The number of hydrogen-bond donors (Lipinski definition) is 1. The molecule has 1 N–H and O–H groups in total. The number of fused-ring (bicyclic) bond motifs is 1. The van der Waals surface area contributed by atoms with E-state index in [-0.39, 0.29) is 0 Å². The lowest BCUT2D eigenvalue weighted by Crippen LogP contribution is -2.34. The Bertz CT molecular complexity index is 766. The van der Waals surface area contributed by atoms with Crippen LogP contribution in [0.15, 0.2) is 24.3 Å². The van der Waals surface area contributed by atoms with Gasteiger partial charge in [0.15, 0.2) is 0 Å². The Morgan fingerprint density at radius 3 is 2.96 bits per heavy atom. The van der Waals surface area contributed by atoms with Crippen LogP contribution < -0.4 is 0 Å². The van der Waals surface area contributed by atoms with Crippen molar-refractivity contribution in [3.63, 3.8) is 0 Å². The van der Waals surface area contributed by atoms with Gasteiger partial charge in [0.05, 0.1) is 15.9 Å². The number of allylic oxidation sites excluding steroid dienone is 1. The van der Waals surface area contributed by atoms with Crippen LogP contribution in [0.4, 0.5) is 4.79 Å². The summed E-state index contributed by atoms with van der Waals surface area (Å²) in [4.78, 5) is 19.8. The minimum Gasteiger partial charge on any atom is -0.465 e. The van der Waals surface area contributed by atoms with Crippen LogP contribution >= 0.6 is 11.3 Å². The molecule has 0 bridgehead atoms. The van der Waals surface area contributed by atoms with E-state index in [1.165, 1.54) is 4.90 Å². The third kappa shape index (κ3) is 3.38. The van der Waals surface area contributed by atoms with Gasteiger partial charge >= 0.3 is 6.09 Å². The summed E-state index contributed by atoms with van der Waals surface area (Å²) in [6.45, 7) is 3.43. The van der Waals surface area contributed by atoms with Crippen LogP contribution in [0.5, 0.6) is 0 Å². The largest absolute Gasteiger partial charge is 0.465 e. The van der Waals surface area contributed by atoms with Crippen molar-refractivity contribution in [2.45, 2.75) is 19.9 Å². The van der Waals surface area contributed by atoms with Gasteiger partial charge in [0.25, 0.3) is 0 Å². The van der Waals surface area contributed by atoms with Crippen LogP contribution in [0.2, 0.25) is 0 Å². The van der Waals surface area contributed by atoms with Gasteiger partial charge < -0.3 is 10.0 Å². The first-order valence-corrected chi connectivity index (χ1v) is 8.51. The quantitative estimate of drug-likeness (QED) is 0.931. The molecular formula is C17H21N3O2S. The topological polar surface area (TPSA) is 56.7 Å². The van der Waals surface area contributed by atoms with Crippen LogP contribution in [0.25, 0.3) is 15.9 Å². The van der Waals surface area contributed by atoms with Gasteiger partial charge in [-0.05, 0) is 38.6 Å². The van der Waals surface area contributed by atoms with E-state index in [2.05, 4.69) is 16.8 Å². The van der Waals surface area contributed by atoms with E-state index in [0.717, 1.165) is 39.5 Å². The highest BCUT2D eigenvalue weighted by Crippen LogP contribution is 2.31.